The maximum atomic E-state index is 5.49. The third-order valence-corrected chi connectivity index (χ3v) is 18.4. The molecule has 0 bridgehead atoms. The fraction of sp³-hybridized carbons (Fsp3) is 0.0649. The van der Waals surface area contributed by atoms with Crippen molar-refractivity contribution in [2.75, 3.05) is 0 Å². The van der Waals surface area contributed by atoms with Crippen molar-refractivity contribution in [2.24, 2.45) is 0 Å². The van der Waals surface area contributed by atoms with Crippen LogP contribution < -0.4 is 0 Å². The molecule has 0 fully saturated rings. The number of hydrogen-bond acceptors (Lipinski definition) is 8. The van der Waals surface area contributed by atoms with Gasteiger partial charge in [0, 0.05) is 47.0 Å². The normalized spacial score (nSPS) is 12.8. The summed E-state index contributed by atoms with van der Waals surface area (Å²) in [4.78, 5) is 42.0. The van der Waals surface area contributed by atoms with Crippen LogP contribution in [0.3, 0.4) is 0 Å². The second-order valence-corrected chi connectivity index (χ2v) is 23.4. The Balaban J connectivity index is 0.976. The van der Waals surface area contributed by atoms with Crippen LogP contribution >= 0.6 is 0 Å². The highest BCUT2D eigenvalue weighted by atomic mass is 15.2. The molecule has 16 aromatic rings. The quantitative estimate of drug-likeness (QED) is 0.147. The van der Waals surface area contributed by atoms with Crippen LogP contribution in [0.15, 0.2) is 243 Å². The average Bonchev–Trinajstić information content (AvgIpc) is 1.51. The molecule has 0 saturated heterocycles. The van der Waals surface area contributed by atoms with Crippen molar-refractivity contribution in [3.63, 3.8) is 0 Å². The van der Waals surface area contributed by atoms with E-state index in [1.165, 1.54) is 0 Å². The fourth-order valence-electron chi connectivity index (χ4n) is 14.4. The molecule has 0 radical (unpaired) electrons. The van der Waals surface area contributed by atoms with Crippen LogP contribution in [-0.4, -0.2) is 58.1 Å². The average molecular weight is 1150 g/mol. The number of imidazole rings is 4. The van der Waals surface area contributed by atoms with E-state index >= 15 is 0 Å². The van der Waals surface area contributed by atoms with E-state index in [2.05, 4.69) is 240 Å². The maximum absolute atomic E-state index is 5.49. The molecule has 1 spiro atoms. The van der Waals surface area contributed by atoms with Gasteiger partial charge < -0.3 is 0 Å². The number of fused-ring (bicyclic) bond motifs is 14. The topological polar surface area (TPSA) is 123 Å². The molecule has 0 unspecified atom stereocenters. The number of rotatable bonds is 8. The second-order valence-electron chi connectivity index (χ2n) is 23.4. The third-order valence-electron chi connectivity index (χ3n) is 18.4. The highest BCUT2D eigenvalue weighted by molar-refractivity contribution is 5.99. The lowest BCUT2D eigenvalue weighted by Crippen LogP contribution is -2.26. The van der Waals surface area contributed by atoms with Gasteiger partial charge in [0.1, 0.15) is 45.4 Å². The molecular weight excluding hydrogens is 1090 g/mol. The van der Waals surface area contributed by atoms with Gasteiger partial charge in [0.2, 0.25) is 0 Å². The van der Waals surface area contributed by atoms with Gasteiger partial charge >= 0.3 is 0 Å². The number of aryl methyl sites for hydroxylation is 4. The Bertz CT molecular complexity index is 4960. The van der Waals surface area contributed by atoms with Gasteiger partial charge in [-0.05, 0) is 192 Å². The van der Waals surface area contributed by atoms with Crippen molar-refractivity contribution in [1.82, 2.24) is 58.1 Å². The SMILES string of the molecule is Cc1ccccc1-n1c(-c2ccc3c(c2)C2(c4cc(-c5nc6cccnc6n5-c5ccccc5C)ccc4-3)c3cc(-c4nc5cccnc5n4-c4ccccc4C)ccc3-c3ccc(-c4nc5cccnc5n4-c4ccccc4C)cc32)nc2cccnc21. The van der Waals surface area contributed by atoms with Gasteiger partial charge in [-0.2, -0.15) is 0 Å². The number of aromatic nitrogens is 12. The minimum atomic E-state index is -0.988. The fourth-order valence-corrected chi connectivity index (χ4v) is 14.4. The zero-order valence-electron chi connectivity index (χ0n) is 49.0. The summed E-state index contributed by atoms with van der Waals surface area (Å²) in [6, 6.07) is 77.9. The molecule has 12 nitrogen and oxygen atoms in total. The molecule has 8 aromatic carbocycles. The molecule has 12 heteroatoms. The van der Waals surface area contributed by atoms with Crippen LogP contribution in [0.2, 0.25) is 0 Å². The summed E-state index contributed by atoms with van der Waals surface area (Å²) >= 11 is 0. The van der Waals surface area contributed by atoms with E-state index in [0.29, 0.717) is 0 Å². The minimum Gasteiger partial charge on any atom is -0.276 e. The first-order valence-corrected chi connectivity index (χ1v) is 30.0. The minimum absolute atomic E-state index is 0.786. The number of para-hydroxylation sites is 4. The summed E-state index contributed by atoms with van der Waals surface area (Å²) in [6.07, 6.45) is 7.41. The standard InChI is InChI=1S/C77H52N12/c1-45-17-5-9-25-65(45)86-69(82-61-21-13-37-78-73(61)86)49-29-33-53-54-34-30-50(70-83-62-22-14-38-79-74(62)87(70)66-26-10-6-18-46(66)2)42-58(54)77(57(53)41-49)59-43-51(71-84-63-23-15-39-80-75(63)88(71)67-27-11-7-19-47(67)3)31-35-55(59)56-36-32-52(44-60(56)77)72-85-64-24-16-40-81-76(64)89(72)68-28-12-8-20-48(68)4/h5-44H,1-4H3. The molecule has 89 heavy (non-hydrogen) atoms. The van der Waals surface area contributed by atoms with Gasteiger partial charge in [-0.25, -0.2) is 39.9 Å². The van der Waals surface area contributed by atoms with Crippen molar-refractivity contribution in [3.05, 3.63) is 288 Å². The maximum Gasteiger partial charge on any atom is 0.164 e. The predicted molar refractivity (Wildman–Crippen MR) is 353 cm³/mol. The molecule has 0 N–H and O–H groups in total. The van der Waals surface area contributed by atoms with Gasteiger partial charge in [0.05, 0.1) is 28.2 Å². The van der Waals surface area contributed by atoms with E-state index in [9.17, 15) is 0 Å². The molecule has 0 saturated carbocycles. The van der Waals surface area contributed by atoms with Crippen LogP contribution in [0.4, 0.5) is 0 Å². The Labute approximate surface area is 511 Å². The Morgan fingerprint density at radius 3 is 0.730 bits per heavy atom. The number of hydrogen-bond donors (Lipinski definition) is 0. The summed E-state index contributed by atoms with van der Waals surface area (Å²) < 4.78 is 8.91. The van der Waals surface area contributed by atoms with E-state index in [4.69, 9.17) is 39.9 Å². The summed E-state index contributed by atoms with van der Waals surface area (Å²) in [5.74, 6) is 3.17. The van der Waals surface area contributed by atoms with Crippen molar-refractivity contribution >= 4 is 44.7 Å². The molecule has 0 atom stereocenters. The summed E-state index contributed by atoms with van der Waals surface area (Å²) in [7, 11) is 0. The zero-order chi connectivity index (χ0) is 59.2. The van der Waals surface area contributed by atoms with E-state index in [-0.39, 0.29) is 0 Å². The lowest BCUT2D eigenvalue weighted by atomic mass is 9.69. The summed E-state index contributed by atoms with van der Waals surface area (Å²) in [6.45, 7) is 8.60. The first-order valence-electron chi connectivity index (χ1n) is 30.0. The van der Waals surface area contributed by atoms with Crippen LogP contribution in [0.1, 0.15) is 44.5 Å². The highest BCUT2D eigenvalue weighted by Gasteiger charge is 2.53. The first-order chi connectivity index (χ1) is 43.8. The molecule has 2 aliphatic rings. The number of pyridine rings is 4. The van der Waals surface area contributed by atoms with Gasteiger partial charge in [0.15, 0.2) is 22.6 Å². The Morgan fingerprint density at radius 1 is 0.258 bits per heavy atom. The smallest absolute Gasteiger partial charge is 0.164 e. The third kappa shape index (κ3) is 7.28. The van der Waals surface area contributed by atoms with E-state index in [1.807, 2.05) is 49.1 Å². The van der Waals surface area contributed by atoms with Crippen LogP contribution in [0.25, 0.3) is 135 Å². The Hall–Kier alpha value is -11.8. The second kappa shape index (κ2) is 19.1. The van der Waals surface area contributed by atoms with E-state index < -0.39 is 5.41 Å². The van der Waals surface area contributed by atoms with Crippen molar-refractivity contribution in [3.8, 4) is 90.6 Å². The lowest BCUT2D eigenvalue weighted by molar-refractivity contribution is 0.793. The van der Waals surface area contributed by atoms with Crippen LogP contribution in [0.5, 0.6) is 0 Å². The molecule has 0 amide bonds. The van der Waals surface area contributed by atoms with Crippen molar-refractivity contribution in [1.29, 1.82) is 0 Å². The van der Waals surface area contributed by atoms with Crippen LogP contribution in [0, 0.1) is 27.7 Å². The van der Waals surface area contributed by atoms with E-state index in [1.54, 1.807) is 0 Å². The van der Waals surface area contributed by atoms with Gasteiger partial charge in [0.25, 0.3) is 0 Å². The van der Waals surface area contributed by atoms with Crippen LogP contribution in [-0.2, 0) is 5.41 Å². The predicted octanol–water partition coefficient (Wildman–Crippen LogP) is 16.9. The molecule has 8 heterocycles. The van der Waals surface area contributed by atoms with Gasteiger partial charge in [-0.15, -0.1) is 0 Å². The zero-order valence-corrected chi connectivity index (χ0v) is 49.0. The van der Waals surface area contributed by atoms with Gasteiger partial charge in [-0.3, -0.25) is 18.3 Å². The molecular formula is C77H52N12. The van der Waals surface area contributed by atoms with Crippen molar-refractivity contribution in [2.45, 2.75) is 33.1 Å². The number of benzene rings is 8. The Morgan fingerprint density at radius 2 is 0.494 bits per heavy atom. The highest BCUT2D eigenvalue weighted by Crippen LogP contribution is 2.64. The molecule has 2 aliphatic carbocycles. The summed E-state index contributed by atoms with van der Waals surface area (Å²) in [5.41, 5.74) is 26.6. The van der Waals surface area contributed by atoms with Crippen molar-refractivity contribution < 1.29 is 0 Å². The largest absolute Gasteiger partial charge is 0.276 e. The number of nitrogens with zero attached hydrogens (tertiary/aromatic N) is 12. The lowest BCUT2D eigenvalue weighted by Gasteiger charge is -2.31. The molecule has 8 aromatic heterocycles. The summed E-state index contributed by atoms with van der Waals surface area (Å²) in [5, 5.41) is 0. The molecule has 0 aliphatic heterocycles. The van der Waals surface area contributed by atoms with Gasteiger partial charge in [-0.1, -0.05) is 121 Å². The monoisotopic (exact) mass is 1140 g/mol. The first kappa shape index (κ1) is 50.6. The Kier molecular flexibility index (Phi) is 10.9. The molecule has 18 rings (SSSR count). The van der Waals surface area contributed by atoms with E-state index in [0.717, 1.165) is 180 Å². The molecule has 420 valence electrons.